The van der Waals surface area contributed by atoms with Crippen LogP contribution >= 0.6 is 0 Å². The highest BCUT2D eigenvalue weighted by Crippen LogP contribution is 2.17. The van der Waals surface area contributed by atoms with Crippen molar-refractivity contribution in [3.63, 3.8) is 0 Å². The summed E-state index contributed by atoms with van der Waals surface area (Å²) in [6.07, 6.45) is 5.74. The molecule has 25 heavy (non-hydrogen) atoms. The molecule has 4 nitrogen and oxygen atoms in total. The van der Waals surface area contributed by atoms with E-state index in [0.29, 0.717) is 5.56 Å². The molecule has 0 unspecified atom stereocenters. The Morgan fingerprint density at radius 1 is 0.960 bits per heavy atom. The summed E-state index contributed by atoms with van der Waals surface area (Å²) < 4.78 is 2.19. The van der Waals surface area contributed by atoms with Gasteiger partial charge in [-0.1, -0.05) is 30.3 Å². The maximum absolute atomic E-state index is 12.2. The van der Waals surface area contributed by atoms with Gasteiger partial charge >= 0.3 is 0 Å². The Bertz CT molecular complexity index is 1000. The van der Waals surface area contributed by atoms with E-state index in [1.165, 1.54) is 5.56 Å². The fraction of sp³-hybridized carbons (Fsp3) is 0.0476. The van der Waals surface area contributed by atoms with Crippen LogP contribution in [0.25, 0.3) is 10.9 Å². The standard InChI is InChI=1S/C21H17N3O/c25-21(17-4-2-1-3-5-17)23-19-8-6-16(7-9-19)15-24-13-11-18-14-22-12-10-20(18)24/h1-14H,15H2,(H,23,25). The maximum atomic E-state index is 12.2. The van der Waals surface area contributed by atoms with Crippen LogP contribution in [-0.2, 0) is 6.54 Å². The average molecular weight is 327 g/mol. The predicted molar refractivity (Wildman–Crippen MR) is 99.7 cm³/mol. The van der Waals surface area contributed by atoms with Crippen LogP contribution in [-0.4, -0.2) is 15.5 Å². The highest BCUT2D eigenvalue weighted by Gasteiger charge is 2.06. The summed E-state index contributed by atoms with van der Waals surface area (Å²) >= 11 is 0. The van der Waals surface area contributed by atoms with Crippen molar-refractivity contribution in [2.75, 3.05) is 5.32 Å². The number of carbonyl (C=O) groups is 1. The van der Waals surface area contributed by atoms with Crippen molar-refractivity contribution < 1.29 is 4.79 Å². The minimum Gasteiger partial charge on any atom is -0.343 e. The summed E-state index contributed by atoms with van der Waals surface area (Å²) in [5.41, 5.74) is 3.78. The van der Waals surface area contributed by atoms with Crippen LogP contribution in [0.2, 0.25) is 0 Å². The lowest BCUT2D eigenvalue weighted by Crippen LogP contribution is -2.11. The van der Waals surface area contributed by atoms with Crippen molar-refractivity contribution in [3.05, 3.63) is 96.4 Å². The van der Waals surface area contributed by atoms with Gasteiger partial charge in [-0.15, -0.1) is 0 Å². The second-order valence-electron chi connectivity index (χ2n) is 5.90. The van der Waals surface area contributed by atoms with Gasteiger partial charge < -0.3 is 9.88 Å². The molecule has 122 valence electrons. The zero-order valence-corrected chi connectivity index (χ0v) is 13.6. The van der Waals surface area contributed by atoms with Gasteiger partial charge in [0.15, 0.2) is 0 Å². The number of amides is 1. The van der Waals surface area contributed by atoms with Gasteiger partial charge in [0.2, 0.25) is 0 Å². The molecule has 0 radical (unpaired) electrons. The van der Waals surface area contributed by atoms with Gasteiger partial charge in [-0.25, -0.2) is 0 Å². The number of anilines is 1. The van der Waals surface area contributed by atoms with Crippen LogP contribution in [0, 0.1) is 0 Å². The number of hydrogen-bond donors (Lipinski definition) is 1. The number of nitrogens with one attached hydrogen (secondary N) is 1. The molecule has 1 N–H and O–H groups in total. The number of aromatic nitrogens is 2. The Morgan fingerprint density at radius 3 is 2.56 bits per heavy atom. The minimum atomic E-state index is -0.0998. The predicted octanol–water partition coefficient (Wildman–Crippen LogP) is 4.34. The Labute approximate surface area is 145 Å². The van der Waals surface area contributed by atoms with E-state index in [4.69, 9.17) is 0 Å². The van der Waals surface area contributed by atoms with Crippen LogP contribution in [0.15, 0.2) is 85.3 Å². The Hall–Kier alpha value is -3.40. The van der Waals surface area contributed by atoms with Gasteiger partial charge in [0.05, 0.1) is 5.52 Å². The van der Waals surface area contributed by atoms with E-state index in [0.717, 1.165) is 23.1 Å². The minimum absolute atomic E-state index is 0.0998. The van der Waals surface area contributed by atoms with E-state index >= 15 is 0 Å². The number of benzene rings is 2. The quantitative estimate of drug-likeness (QED) is 0.606. The molecule has 4 rings (SSSR count). The molecular weight excluding hydrogens is 310 g/mol. The molecule has 0 atom stereocenters. The van der Waals surface area contributed by atoms with E-state index < -0.39 is 0 Å². The number of fused-ring (bicyclic) bond motifs is 1. The van der Waals surface area contributed by atoms with Crippen molar-refractivity contribution in [3.8, 4) is 0 Å². The average Bonchev–Trinajstić information content (AvgIpc) is 3.07. The molecular formula is C21H17N3O. The molecule has 0 fully saturated rings. The largest absolute Gasteiger partial charge is 0.343 e. The molecule has 4 aromatic rings. The fourth-order valence-corrected chi connectivity index (χ4v) is 2.86. The van der Waals surface area contributed by atoms with Crippen molar-refractivity contribution in [1.29, 1.82) is 0 Å². The van der Waals surface area contributed by atoms with Crippen LogP contribution in [0.4, 0.5) is 5.69 Å². The summed E-state index contributed by atoms with van der Waals surface area (Å²) in [5, 5.41) is 4.05. The molecule has 0 aliphatic carbocycles. The molecule has 2 aromatic heterocycles. The van der Waals surface area contributed by atoms with Crippen molar-refractivity contribution in [2.24, 2.45) is 0 Å². The molecule has 0 spiro atoms. The molecule has 0 saturated heterocycles. The number of rotatable bonds is 4. The van der Waals surface area contributed by atoms with Crippen LogP contribution < -0.4 is 5.32 Å². The third-order valence-electron chi connectivity index (χ3n) is 4.17. The summed E-state index contributed by atoms with van der Waals surface area (Å²) in [7, 11) is 0. The molecule has 2 aromatic carbocycles. The first-order valence-electron chi connectivity index (χ1n) is 8.14. The first-order chi connectivity index (χ1) is 12.3. The Morgan fingerprint density at radius 2 is 1.76 bits per heavy atom. The van der Waals surface area contributed by atoms with E-state index in [9.17, 15) is 4.79 Å². The van der Waals surface area contributed by atoms with Crippen LogP contribution in [0.1, 0.15) is 15.9 Å². The summed E-state index contributed by atoms with van der Waals surface area (Å²) in [6.45, 7) is 0.778. The monoisotopic (exact) mass is 327 g/mol. The van der Waals surface area contributed by atoms with Crippen molar-refractivity contribution in [1.82, 2.24) is 9.55 Å². The zero-order valence-electron chi connectivity index (χ0n) is 13.6. The van der Waals surface area contributed by atoms with Gasteiger partial charge in [-0.3, -0.25) is 9.78 Å². The van der Waals surface area contributed by atoms with E-state index in [1.807, 2.05) is 54.7 Å². The van der Waals surface area contributed by atoms with Crippen LogP contribution in [0.3, 0.4) is 0 Å². The molecule has 0 bridgehead atoms. The first-order valence-corrected chi connectivity index (χ1v) is 8.14. The maximum Gasteiger partial charge on any atom is 0.255 e. The molecule has 0 saturated carbocycles. The van der Waals surface area contributed by atoms with Crippen molar-refractivity contribution in [2.45, 2.75) is 6.54 Å². The lowest BCUT2D eigenvalue weighted by Gasteiger charge is -2.08. The fourth-order valence-electron chi connectivity index (χ4n) is 2.86. The summed E-state index contributed by atoms with van der Waals surface area (Å²) in [4.78, 5) is 16.3. The smallest absolute Gasteiger partial charge is 0.255 e. The highest BCUT2D eigenvalue weighted by molar-refractivity contribution is 6.04. The molecule has 0 aliphatic rings. The zero-order chi connectivity index (χ0) is 17.1. The number of nitrogens with zero attached hydrogens (tertiary/aromatic N) is 2. The molecule has 4 heteroatoms. The number of hydrogen-bond acceptors (Lipinski definition) is 2. The first kappa shape index (κ1) is 15.1. The highest BCUT2D eigenvalue weighted by atomic mass is 16.1. The molecule has 0 aliphatic heterocycles. The second kappa shape index (κ2) is 6.61. The SMILES string of the molecule is O=C(Nc1ccc(Cn2ccc3cnccc32)cc1)c1ccccc1. The summed E-state index contributed by atoms with van der Waals surface area (Å²) in [6, 6.07) is 21.2. The van der Waals surface area contributed by atoms with Crippen molar-refractivity contribution >= 4 is 22.5 Å². The lowest BCUT2D eigenvalue weighted by atomic mass is 10.2. The molecule has 2 heterocycles. The summed E-state index contributed by atoms with van der Waals surface area (Å²) in [5.74, 6) is -0.0998. The Kier molecular flexibility index (Phi) is 4.01. The third kappa shape index (κ3) is 3.28. The van der Waals surface area contributed by atoms with E-state index in [2.05, 4.69) is 27.1 Å². The van der Waals surface area contributed by atoms with Gasteiger partial charge in [0.25, 0.3) is 5.91 Å². The molecule has 1 amide bonds. The van der Waals surface area contributed by atoms with Gasteiger partial charge in [0, 0.05) is 41.8 Å². The van der Waals surface area contributed by atoms with Gasteiger partial charge in [0.1, 0.15) is 0 Å². The van der Waals surface area contributed by atoms with E-state index in [-0.39, 0.29) is 5.91 Å². The third-order valence-corrected chi connectivity index (χ3v) is 4.17. The van der Waals surface area contributed by atoms with Gasteiger partial charge in [-0.05, 0) is 42.0 Å². The lowest BCUT2D eigenvalue weighted by molar-refractivity contribution is 0.102. The normalized spacial score (nSPS) is 10.7. The number of pyridine rings is 1. The Balaban J connectivity index is 1.48. The van der Waals surface area contributed by atoms with Crippen LogP contribution in [0.5, 0.6) is 0 Å². The van der Waals surface area contributed by atoms with E-state index in [1.54, 1.807) is 18.3 Å². The van der Waals surface area contributed by atoms with Gasteiger partial charge in [-0.2, -0.15) is 0 Å². The second-order valence-corrected chi connectivity index (χ2v) is 5.90. The topological polar surface area (TPSA) is 46.9 Å². The number of carbonyl (C=O) groups excluding carboxylic acids is 1.